The summed E-state index contributed by atoms with van der Waals surface area (Å²) >= 11 is 0. The van der Waals surface area contributed by atoms with E-state index in [-0.39, 0.29) is 0 Å². The fourth-order valence-electron chi connectivity index (χ4n) is 1.89. The zero-order valence-corrected chi connectivity index (χ0v) is 10.1. The summed E-state index contributed by atoms with van der Waals surface area (Å²) in [6.07, 6.45) is 0.999. The average Bonchev–Trinajstić information content (AvgIpc) is 2.38. The zero-order valence-electron chi connectivity index (χ0n) is 10.1. The summed E-state index contributed by atoms with van der Waals surface area (Å²) in [7, 11) is 1.69. The molecular weight excluding hydrogens is 212 g/mol. The molecule has 0 aliphatic carbocycles. The summed E-state index contributed by atoms with van der Waals surface area (Å²) in [4.78, 5) is 0. The molecule has 90 valence electrons. The highest BCUT2D eigenvalue weighted by atomic mass is 16.5. The molecule has 0 atom stereocenters. The maximum Gasteiger partial charge on any atom is 0.119 e. The van der Waals surface area contributed by atoms with Crippen LogP contribution in [0.1, 0.15) is 5.56 Å². The molecular formula is C14H18N2O. The van der Waals surface area contributed by atoms with E-state index >= 15 is 0 Å². The third kappa shape index (κ3) is 2.96. The Morgan fingerprint density at radius 3 is 2.65 bits per heavy atom. The monoisotopic (exact) mass is 230 g/mol. The molecule has 0 radical (unpaired) electrons. The molecule has 0 amide bonds. The lowest BCUT2D eigenvalue weighted by atomic mass is 10.0. The molecule has 0 heterocycles. The number of hydrogen-bond acceptors (Lipinski definition) is 3. The van der Waals surface area contributed by atoms with Gasteiger partial charge in [-0.15, -0.1) is 0 Å². The normalized spacial score (nSPS) is 10.7. The molecule has 3 nitrogen and oxygen atoms in total. The highest BCUT2D eigenvalue weighted by molar-refractivity contribution is 5.84. The quantitative estimate of drug-likeness (QED) is 0.609. The van der Waals surface area contributed by atoms with Crippen molar-refractivity contribution in [1.82, 2.24) is 5.32 Å². The first-order valence-corrected chi connectivity index (χ1v) is 5.81. The van der Waals surface area contributed by atoms with E-state index < -0.39 is 0 Å². The van der Waals surface area contributed by atoms with Crippen LogP contribution in [-0.2, 0) is 6.42 Å². The van der Waals surface area contributed by atoms with E-state index in [2.05, 4.69) is 35.6 Å². The molecule has 3 heteroatoms. The summed E-state index contributed by atoms with van der Waals surface area (Å²) in [5.74, 6) is 0.898. The Labute approximate surface area is 102 Å². The largest absolute Gasteiger partial charge is 0.497 e. The minimum absolute atomic E-state index is 0.533. The van der Waals surface area contributed by atoms with Crippen molar-refractivity contribution >= 4 is 10.8 Å². The van der Waals surface area contributed by atoms with E-state index in [4.69, 9.17) is 10.5 Å². The van der Waals surface area contributed by atoms with Gasteiger partial charge in [0.05, 0.1) is 7.11 Å². The SMILES string of the molecule is COc1ccc2cc(CCNCN)ccc2c1. The minimum Gasteiger partial charge on any atom is -0.497 e. The topological polar surface area (TPSA) is 47.3 Å². The number of rotatable bonds is 5. The third-order valence-electron chi connectivity index (χ3n) is 2.85. The van der Waals surface area contributed by atoms with Crippen LogP contribution in [0, 0.1) is 0 Å². The van der Waals surface area contributed by atoms with Crippen LogP contribution in [0.2, 0.25) is 0 Å². The van der Waals surface area contributed by atoms with E-state index in [1.807, 2.05) is 6.07 Å². The van der Waals surface area contributed by atoms with Gasteiger partial charge in [0, 0.05) is 13.2 Å². The fourth-order valence-corrected chi connectivity index (χ4v) is 1.89. The van der Waals surface area contributed by atoms with E-state index in [1.165, 1.54) is 16.3 Å². The lowest BCUT2D eigenvalue weighted by molar-refractivity contribution is 0.415. The van der Waals surface area contributed by atoms with Crippen LogP contribution in [0.15, 0.2) is 36.4 Å². The molecule has 0 unspecified atom stereocenters. The van der Waals surface area contributed by atoms with Gasteiger partial charge in [0.15, 0.2) is 0 Å². The molecule has 0 aromatic heterocycles. The van der Waals surface area contributed by atoms with Crippen molar-refractivity contribution < 1.29 is 4.74 Å². The maximum atomic E-state index is 5.39. The van der Waals surface area contributed by atoms with Crippen molar-refractivity contribution in [2.75, 3.05) is 20.3 Å². The summed E-state index contributed by atoms with van der Waals surface area (Å²) in [6, 6.07) is 12.6. The number of hydrogen-bond donors (Lipinski definition) is 2. The second kappa shape index (κ2) is 5.66. The maximum absolute atomic E-state index is 5.39. The van der Waals surface area contributed by atoms with Gasteiger partial charge in [0.1, 0.15) is 5.75 Å². The fraction of sp³-hybridized carbons (Fsp3) is 0.286. The smallest absolute Gasteiger partial charge is 0.119 e. The van der Waals surface area contributed by atoms with E-state index in [0.29, 0.717) is 6.67 Å². The first kappa shape index (κ1) is 11.9. The van der Waals surface area contributed by atoms with Crippen molar-refractivity contribution in [3.05, 3.63) is 42.0 Å². The summed E-state index contributed by atoms with van der Waals surface area (Å²) in [5, 5.41) is 5.58. The molecule has 2 aromatic rings. The van der Waals surface area contributed by atoms with Gasteiger partial charge >= 0.3 is 0 Å². The van der Waals surface area contributed by atoms with Crippen molar-refractivity contribution in [2.24, 2.45) is 5.73 Å². The van der Waals surface area contributed by atoms with Gasteiger partial charge in [-0.3, -0.25) is 0 Å². The van der Waals surface area contributed by atoms with Gasteiger partial charge in [-0.1, -0.05) is 24.3 Å². The number of nitrogens with one attached hydrogen (secondary N) is 1. The van der Waals surface area contributed by atoms with Crippen LogP contribution in [0.25, 0.3) is 10.8 Å². The molecule has 17 heavy (non-hydrogen) atoms. The predicted octanol–water partition coefficient (Wildman–Crippen LogP) is 1.90. The van der Waals surface area contributed by atoms with E-state index in [9.17, 15) is 0 Å². The highest BCUT2D eigenvalue weighted by Crippen LogP contribution is 2.21. The molecule has 0 spiro atoms. The second-order valence-electron chi connectivity index (χ2n) is 4.00. The van der Waals surface area contributed by atoms with Gasteiger partial charge in [-0.05, 0) is 34.9 Å². The van der Waals surface area contributed by atoms with Crippen molar-refractivity contribution in [3.63, 3.8) is 0 Å². The van der Waals surface area contributed by atoms with Crippen LogP contribution in [0.4, 0.5) is 0 Å². The van der Waals surface area contributed by atoms with Gasteiger partial charge in [0.25, 0.3) is 0 Å². The van der Waals surface area contributed by atoms with Crippen LogP contribution >= 0.6 is 0 Å². The molecule has 2 rings (SSSR count). The molecule has 0 aliphatic rings. The number of benzene rings is 2. The van der Waals surface area contributed by atoms with Gasteiger partial charge in [-0.2, -0.15) is 0 Å². The highest BCUT2D eigenvalue weighted by Gasteiger charge is 1.98. The first-order chi connectivity index (χ1) is 8.33. The number of nitrogens with two attached hydrogens (primary N) is 1. The lowest BCUT2D eigenvalue weighted by Crippen LogP contribution is -2.24. The lowest BCUT2D eigenvalue weighted by Gasteiger charge is -2.06. The molecule has 0 fully saturated rings. The zero-order chi connectivity index (χ0) is 12.1. The molecule has 0 saturated carbocycles. The van der Waals surface area contributed by atoms with Crippen LogP contribution in [0.3, 0.4) is 0 Å². The molecule has 0 bridgehead atoms. The Bertz CT molecular complexity index is 497. The molecule has 2 aromatic carbocycles. The molecule has 0 aliphatic heterocycles. The Hall–Kier alpha value is -1.58. The Morgan fingerprint density at radius 1 is 1.12 bits per heavy atom. The minimum atomic E-state index is 0.533. The van der Waals surface area contributed by atoms with E-state index in [0.717, 1.165) is 18.7 Å². The van der Waals surface area contributed by atoms with Gasteiger partial charge in [0.2, 0.25) is 0 Å². The summed E-state index contributed by atoms with van der Waals surface area (Å²) in [5.41, 5.74) is 6.71. The van der Waals surface area contributed by atoms with Gasteiger partial charge in [-0.25, -0.2) is 0 Å². The number of fused-ring (bicyclic) bond motifs is 1. The Balaban J connectivity index is 2.19. The van der Waals surface area contributed by atoms with Crippen molar-refractivity contribution in [1.29, 1.82) is 0 Å². The number of ether oxygens (including phenoxy) is 1. The van der Waals surface area contributed by atoms with Crippen LogP contribution in [0.5, 0.6) is 5.75 Å². The van der Waals surface area contributed by atoms with E-state index in [1.54, 1.807) is 7.11 Å². The standard InChI is InChI=1S/C14H18N2O/c1-17-14-5-4-12-8-11(6-7-16-10-15)2-3-13(12)9-14/h2-5,8-9,16H,6-7,10,15H2,1H3. The number of methoxy groups -OCH3 is 1. The second-order valence-corrected chi connectivity index (χ2v) is 4.00. The summed E-state index contributed by atoms with van der Waals surface area (Å²) < 4.78 is 5.21. The molecule has 3 N–H and O–H groups in total. The van der Waals surface area contributed by atoms with Crippen LogP contribution < -0.4 is 15.8 Å². The first-order valence-electron chi connectivity index (χ1n) is 5.81. The Kier molecular flexibility index (Phi) is 3.96. The van der Waals surface area contributed by atoms with Crippen molar-refractivity contribution in [3.8, 4) is 5.75 Å². The molecule has 0 saturated heterocycles. The van der Waals surface area contributed by atoms with Gasteiger partial charge < -0.3 is 15.8 Å². The third-order valence-corrected chi connectivity index (χ3v) is 2.85. The van der Waals surface area contributed by atoms with Crippen molar-refractivity contribution in [2.45, 2.75) is 6.42 Å². The predicted molar refractivity (Wildman–Crippen MR) is 71.3 cm³/mol. The van der Waals surface area contributed by atoms with Crippen LogP contribution in [-0.4, -0.2) is 20.3 Å². The summed E-state index contributed by atoms with van der Waals surface area (Å²) in [6.45, 7) is 1.45. The Morgan fingerprint density at radius 2 is 1.88 bits per heavy atom. The average molecular weight is 230 g/mol.